The topological polar surface area (TPSA) is 34.2 Å². The number of halogens is 1. The van der Waals surface area contributed by atoms with Gasteiger partial charge in [-0.1, -0.05) is 34.1 Å². The number of hydrogen-bond acceptors (Lipinski definition) is 2. The lowest BCUT2D eigenvalue weighted by Crippen LogP contribution is -1.96. The SMILES string of the molecule is COc1cc(Br)c(Cc2c(C)[nH]c3ccccc23)cc1OC. The molecule has 0 aliphatic heterocycles. The molecule has 0 unspecified atom stereocenters. The van der Waals surface area contributed by atoms with Crippen LogP contribution >= 0.6 is 15.9 Å². The molecular weight excluding hydrogens is 342 g/mol. The number of fused-ring (bicyclic) bond motifs is 1. The van der Waals surface area contributed by atoms with Crippen LogP contribution in [0, 0.1) is 6.92 Å². The Labute approximate surface area is 138 Å². The number of aromatic amines is 1. The van der Waals surface area contributed by atoms with E-state index in [1.807, 2.05) is 18.2 Å². The molecule has 4 heteroatoms. The van der Waals surface area contributed by atoms with E-state index in [2.05, 4.69) is 46.0 Å². The number of benzene rings is 2. The quantitative estimate of drug-likeness (QED) is 0.722. The van der Waals surface area contributed by atoms with Gasteiger partial charge in [-0.2, -0.15) is 0 Å². The van der Waals surface area contributed by atoms with Crippen molar-refractivity contribution >= 4 is 26.8 Å². The zero-order chi connectivity index (χ0) is 15.7. The second-order valence-electron chi connectivity index (χ2n) is 5.25. The number of rotatable bonds is 4. The standard InChI is InChI=1S/C18H18BrNO2/c1-11-14(13-6-4-5-7-16(13)20-11)8-12-9-17(21-2)18(22-3)10-15(12)19/h4-7,9-10,20H,8H2,1-3H3. The Balaban J connectivity index is 2.07. The molecule has 2 aromatic carbocycles. The van der Waals surface area contributed by atoms with Crippen molar-refractivity contribution < 1.29 is 9.47 Å². The van der Waals surface area contributed by atoms with Gasteiger partial charge in [-0.3, -0.25) is 0 Å². The average Bonchev–Trinajstić information content (AvgIpc) is 2.84. The molecule has 3 rings (SSSR count). The molecule has 0 spiro atoms. The summed E-state index contributed by atoms with van der Waals surface area (Å²) in [6.07, 6.45) is 0.830. The zero-order valence-electron chi connectivity index (χ0n) is 12.9. The Morgan fingerprint density at radius 2 is 1.73 bits per heavy atom. The van der Waals surface area contributed by atoms with E-state index < -0.39 is 0 Å². The van der Waals surface area contributed by atoms with Gasteiger partial charge in [0.25, 0.3) is 0 Å². The van der Waals surface area contributed by atoms with Gasteiger partial charge < -0.3 is 14.5 Å². The monoisotopic (exact) mass is 359 g/mol. The van der Waals surface area contributed by atoms with E-state index in [1.165, 1.54) is 27.7 Å². The fourth-order valence-electron chi connectivity index (χ4n) is 2.78. The number of nitrogens with one attached hydrogen (secondary N) is 1. The van der Waals surface area contributed by atoms with Gasteiger partial charge in [-0.15, -0.1) is 0 Å². The van der Waals surface area contributed by atoms with Crippen molar-refractivity contribution in [2.45, 2.75) is 13.3 Å². The van der Waals surface area contributed by atoms with Crippen LogP contribution in [0.15, 0.2) is 40.9 Å². The van der Waals surface area contributed by atoms with Crippen LogP contribution in [0.4, 0.5) is 0 Å². The molecule has 1 N–H and O–H groups in total. The summed E-state index contributed by atoms with van der Waals surface area (Å²) < 4.78 is 11.8. The number of aromatic nitrogens is 1. The maximum absolute atomic E-state index is 5.42. The lowest BCUT2D eigenvalue weighted by molar-refractivity contribution is 0.354. The van der Waals surface area contributed by atoms with Crippen LogP contribution in [0.1, 0.15) is 16.8 Å². The van der Waals surface area contributed by atoms with E-state index >= 15 is 0 Å². The highest BCUT2D eigenvalue weighted by atomic mass is 79.9. The van der Waals surface area contributed by atoms with Crippen LogP contribution in [-0.2, 0) is 6.42 Å². The summed E-state index contributed by atoms with van der Waals surface area (Å²) in [5, 5.41) is 1.27. The summed E-state index contributed by atoms with van der Waals surface area (Å²) >= 11 is 3.64. The molecule has 3 aromatic rings. The number of hydrogen-bond donors (Lipinski definition) is 1. The summed E-state index contributed by atoms with van der Waals surface area (Å²) in [5.41, 5.74) is 4.85. The van der Waals surface area contributed by atoms with Crippen molar-refractivity contribution in [2.24, 2.45) is 0 Å². The molecule has 22 heavy (non-hydrogen) atoms. The molecule has 1 heterocycles. The van der Waals surface area contributed by atoms with E-state index in [4.69, 9.17) is 9.47 Å². The molecule has 0 saturated heterocycles. The van der Waals surface area contributed by atoms with Gasteiger partial charge in [-0.25, -0.2) is 0 Å². The molecule has 3 nitrogen and oxygen atoms in total. The maximum atomic E-state index is 5.42. The van der Waals surface area contributed by atoms with E-state index in [0.29, 0.717) is 0 Å². The summed E-state index contributed by atoms with van der Waals surface area (Å²) in [6, 6.07) is 12.4. The second kappa shape index (κ2) is 6.05. The molecule has 114 valence electrons. The molecule has 0 amide bonds. The molecule has 0 aliphatic carbocycles. The summed E-state index contributed by atoms with van der Waals surface area (Å²) in [5.74, 6) is 1.48. The molecule has 0 fully saturated rings. The minimum atomic E-state index is 0.730. The number of aryl methyl sites for hydroxylation is 1. The average molecular weight is 360 g/mol. The third kappa shape index (κ3) is 2.59. The summed E-state index contributed by atoms with van der Waals surface area (Å²) in [4.78, 5) is 3.45. The first-order chi connectivity index (χ1) is 10.6. The highest BCUT2D eigenvalue weighted by Gasteiger charge is 2.14. The molecule has 0 aliphatic rings. The number of para-hydroxylation sites is 1. The lowest BCUT2D eigenvalue weighted by atomic mass is 10.0. The van der Waals surface area contributed by atoms with Crippen LogP contribution < -0.4 is 9.47 Å². The smallest absolute Gasteiger partial charge is 0.161 e. The minimum absolute atomic E-state index is 0.730. The van der Waals surface area contributed by atoms with Crippen LogP contribution in [0.5, 0.6) is 11.5 Å². The molecule has 0 radical (unpaired) electrons. The Kier molecular flexibility index (Phi) is 4.12. The largest absolute Gasteiger partial charge is 0.493 e. The first-order valence-electron chi connectivity index (χ1n) is 7.10. The molecule has 1 aromatic heterocycles. The predicted octanol–water partition coefficient (Wildman–Crippen LogP) is 4.85. The first-order valence-corrected chi connectivity index (χ1v) is 7.90. The molecule has 0 bridgehead atoms. The molecule has 0 saturated carbocycles. The predicted molar refractivity (Wildman–Crippen MR) is 93.1 cm³/mol. The van der Waals surface area contributed by atoms with Crippen LogP contribution in [0.2, 0.25) is 0 Å². The number of methoxy groups -OCH3 is 2. The first kappa shape index (κ1) is 15.0. The van der Waals surface area contributed by atoms with Gasteiger partial charge >= 0.3 is 0 Å². The van der Waals surface area contributed by atoms with Crippen molar-refractivity contribution in [1.82, 2.24) is 4.98 Å². The van der Waals surface area contributed by atoms with Gasteiger partial charge in [0.05, 0.1) is 14.2 Å². The third-order valence-corrected chi connectivity index (χ3v) is 4.69. The van der Waals surface area contributed by atoms with Crippen LogP contribution in [-0.4, -0.2) is 19.2 Å². The Hall–Kier alpha value is -1.94. The van der Waals surface area contributed by atoms with Crippen LogP contribution in [0.25, 0.3) is 10.9 Å². The number of H-pyrrole nitrogens is 1. The van der Waals surface area contributed by atoms with Crippen molar-refractivity contribution in [2.75, 3.05) is 14.2 Å². The normalized spacial score (nSPS) is 10.9. The lowest BCUT2D eigenvalue weighted by Gasteiger charge is -2.12. The van der Waals surface area contributed by atoms with E-state index in [-0.39, 0.29) is 0 Å². The van der Waals surface area contributed by atoms with E-state index in [9.17, 15) is 0 Å². The van der Waals surface area contributed by atoms with Crippen molar-refractivity contribution in [3.8, 4) is 11.5 Å². The Bertz CT molecular complexity index is 823. The summed E-state index contributed by atoms with van der Waals surface area (Å²) in [6.45, 7) is 2.12. The molecular formula is C18H18BrNO2. The van der Waals surface area contributed by atoms with Gasteiger partial charge in [0.15, 0.2) is 11.5 Å². The third-order valence-electron chi connectivity index (χ3n) is 3.95. The van der Waals surface area contributed by atoms with E-state index in [0.717, 1.165) is 22.4 Å². The fraction of sp³-hybridized carbons (Fsp3) is 0.222. The second-order valence-corrected chi connectivity index (χ2v) is 6.10. The minimum Gasteiger partial charge on any atom is -0.493 e. The summed E-state index contributed by atoms with van der Waals surface area (Å²) in [7, 11) is 3.31. The van der Waals surface area contributed by atoms with Crippen molar-refractivity contribution in [3.63, 3.8) is 0 Å². The Morgan fingerprint density at radius 1 is 1.05 bits per heavy atom. The highest BCUT2D eigenvalue weighted by Crippen LogP contribution is 2.35. The van der Waals surface area contributed by atoms with Gasteiger partial charge in [-0.05, 0) is 36.2 Å². The maximum Gasteiger partial charge on any atom is 0.161 e. The highest BCUT2D eigenvalue weighted by molar-refractivity contribution is 9.10. The van der Waals surface area contributed by atoms with E-state index in [1.54, 1.807) is 14.2 Å². The number of ether oxygens (including phenoxy) is 2. The Morgan fingerprint density at radius 3 is 2.45 bits per heavy atom. The van der Waals surface area contributed by atoms with Crippen LogP contribution in [0.3, 0.4) is 0 Å². The van der Waals surface area contributed by atoms with Crippen molar-refractivity contribution in [1.29, 1.82) is 0 Å². The van der Waals surface area contributed by atoms with Gasteiger partial charge in [0.2, 0.25) is 0 Å². The molecule has 0 atom stereocenters. The van der Waals surface area contributed by atoms with Crippen molar-refractivity contribution in [3.05, 3.63) is 57.7 Å². The fourth-order valence-corrected chi connectivity index (χ4v) is 3.25. The van der Waals surface area contributed by atoms with Gasteiger partial charge in [0.1, 0.15) is 0 Å². The zero-order valence-corrected chi connectivity index (χ0v) is 14.5. The van der Waals surface area contributed by atoms with Gasteiger partial charge in [0, 0.05) is 27.5 Å².